The van der Waals surface area contributed by atoms with Gasteiger partial charge in [0.2, 0.25) is 21.8 Å². The lowest BCUT2D eigenvalue weighted by molar-refractivity contribution is -0.137. The van der Waals surface area contributed by atoms with Gasteiger partial charge in [0.25, 0.3) is 0 Å². The molecule has 1 heterocycles. The zero-order chi connectivity index (χ0) is 15.8. The van der Waals surface area contributed by atoms with Crippen LogP contribution in [0, 0.1) is 0 Å². The molecule has 0 aliphatic carbocycles. The Morgan fingerprint density at radius 3 is 2.38 bits per heavy atom. The van der Waals surface area contributed by atoms with E-state index in [1.807, 2.05) is 0 Å². The summed E-state index contributed by atoms with van der Waals surface area (Å²) < 4.78 is 26.3. The van der Waals surface area contributed by atoms with E-state index in [1.54, 1.807) is 6.92 Å². The molecular formula is C12H12Cl2N2O4S. The second kappa shape index (κ2) is 5.92. The Balaban J connectivity index is 2.56. The molecule has 1 atom stereocenters. The second-order valence-corrected chi connectivity index (χ2v) is 7.08. The molecule has 1 aliphatic rings. The first-order valence-electron chi connectivity index (χ1n) is 6.08. The molecule has 1 unspecified atom stereocenters. The van der Waals surface area contributed by atoms with Gasteiger partial charge in [-0.3, -0.25) is 14.9 Å². The van der Waals surface area contributed by atoms with E-state index < -0.39 is 34.4 Å². The number of carbonyl (C=O) groups is 2. The number of amides is 2. The van der Waals surface area contributed by atoms with E-state index >= 15 is 0 Å². The van der Waals surface area contributed by atoms with Crippen molar-refractivity contribution in [2.24, 2.45) is 0 Å². The molecule has 9 heteroatoms. The van der Waals surface area contributed by atoms with Crippen molar-refractivity contribution in [3.8, 4) is 0 Å². The van der Waals surface area contributed by atoms with Gasteiger partial charge in [0.05, 0.1) is 16.6 Å². The smallest absolute Gasteiger partial charge is 0.247 e. The van der Waals surface area contributed by atoms with Gasteiger partial charge in [-0.1, -0.05) is 36.2 Å². The molecule has 2 amide bonds. The number of nitrogens with one attached hydrogen (secondary N) is 1. The molecule has 0 radical (unpaired) electrons. The summed E-state index contributed by atoms with van der Waals surface area (Å²) in [7, 11) is -4.16. The summed E-state index contributed by atoms with van der Waals surface area (Å²) >= 11 is 11.8. The van der Waals surface area contributed by atoms with E-state index in [-0.39, 0.29) is 21.4 Å². The molecule has 1 fully saturated rings. The molecule has 6 nitrogen and oxygen atoms in total. The molecule has 1 saturated heterocycles. The lowest BCUT2D eigenvalue weighted by Gasteiger charge is -2.32. The number of piperazine rings is 1. The highest BCUT2D eigenvalue weighted by Gasteiger charge is 2.42. The van der Waals surface area contributed by atoms with Crippen LogP contribution in [0.1, 0.15) is 13.3 Å². The number of nitrogens with zero attached hydrogens (tertiary/aromatic N) is 1. The molecule has 1 aromatic carbocycles. The van der Waals surface area contributed by atoms with Crippen LogP contribution >= 0.6 is 23.2 Å². The number of carbonyl (C=O) groups excluding carboxylic acids is 2. The molecule has 1 N–H and O–H groups in total. The lowest BCUT2D eigenvalue weighted by Crippen LogP contribution is -2.59. The maximum Gasteiger partial charge on any atom is 0.247 e. The predicted molar refractivity (Wildman–Crippen MR) is 77.6 cm³/mol. The maximum absolute atomic E-state index is 12.7. The van der Waals surface area contributed by atoms with Gasteiger partial charge >= 0.3 is 0 Å². The van der Waals surface area contributed by atoms with Gasteiger partial charge in [-0.05, 0) is 18.6 Å². The maximum atomic E-state index is 12.7. The molecule has 0 saturated carbocycles. The van der Waals surface area contributed by atoms with Crippen molar-refractivity contribution in [1.29, 1.82) is 0 Å². The van der Waals surface area contributed by atoms with Crippen LogP contribution in [0.2, 0.25) is 10.0 Å². The number of imide groups is 1. The number of hydrogen-bond acceptors (Lipinski definition) is 4. The lowest BCUT2D eigenvalue weighted by atomic mass is 10.2. The van der Waals surface area contributed by atoms with E-state index in [1.165, 1.54) is 18.2 Å². The van der Waals surface area contributed by atoms with Crippen molar-refractivity contribution >= 4 is 45.0 Å². The van der Waals surface area contributed by atoms with E-state index in [0.29, 0.717) is 0 Å². The van der Waals surface area contributed by atoms with Gasteiger partial charge < -0.3 is 0 Å². The highest BCUT2D eigenvalue weighted by atomic mass is 35.5. The Bertz CT molecular complexity index is 685. The van der Waals surface area contributed by atoms with Gasteiger partial charge in [0.1, 0.15) is 10.9 Å². The molecule has 0 bridgehead atoms. The number of hydrogen-bond donors (Lipinski definition) is 1. The first-order valence-corrected chi connectivity index (χ1v) is 8.28. The minimum atomic E-state index is -4.16. The average molecular weight is 351 g/mol. The molecule has 0 aromatic heterocycles. The number of halogens is 2. The zero-order valence-electron chi connectivity index (χ0n) is 11.0. The Morgan fingerprint density at radius 2 is 1.86 bits per heavy atom. The van der Waals surface area contributed by atoms with E-state index in [9.17, 15) is 18.0 Å². The molecule has 1 aliphatic heterocycles. The molecular weight excluding hydrogens is 339 g/mol. The predicted octanol–water partition coefficient (Wildman–Crippen LogP) is 1.42. The Morgan fingerprint density at radius 1 is 1.29 bits per heavy atom. The fraction of sp³-hybridized carbons (Fsp3) is 0.333. The van der Waals surface area contributed by atoms with Crippen LogP contribution in [0.5, 0.6) is 0 Å². The van der Waals surface area contributed by atoms with Gasteiger partial charge in [0.15, 0.2) is 0 Å². The number of rotatable bonds is 3. The van der Waals surface area contributed by atoms with Crippen LogP contribution in [-0.4, -0.2) is 37.1 Å². The van der Waals surface area contributed by atoms with Crippen molar-refractivity contribution in [3.05, 3.63) is 28.2 Å². The van der Waals surface area contributed by atoms with Gasteiger partial charge in [-0.15, -0.1) is 0 Å². The van der Waals surface area contributed by atoms with E-state index in [0.717, 1.165) is 4.31 Å². The highest BCUT2D eigenvalue weighted by Crippen LogP contribution is 2.33. The van der Waals surface area contributed by atoms with Crippen molar-refractivity contribution in [1.82, 2.24) is 9.62 Å². The molecule has 114 valence electrons. The summed E-state index contributed by atoms with van der Waals surface area (Å²) in [5, 5.41) is 1.99. The van der Waals surface area contributed by atoms with Gasteiger partial charge in [0, 0.05) is 0 Å². The first-order chi connectivity index (χ1) is 9.78. The summed E-state index contributed by atoms with van der Waals surface area (Å²) in [6.07, 6.45) is 0.223. The molecule has 0 spiro atoms. The van der Waals surface area contributed by atoms with Gasteiger partial charge in [-0.25, -0.2) is 8.42 Å². The van der Waals surface area contributed by atoms with Crippen LogP contribution in [-0.2, 0) is 19.6 Å². The van der Waals surface area contributed by atoms with E-state index in [4.69, 9.17) is 23.2 Å². The van der Waals surface area contributed by atoms with Crippen molar-refractivity contribution < 1.29 is 18.0 Å². The average Bonchev–Trinajstić information content (AvgIpc) is 2.37. The zero-order valence-corrected chi connectivity index (χ0v) is 13.3. The quantitative estimate of drug-likeness (QED) is 0.835. The Labute approximate surface area is 132 Å². The Hall–Kier alpha value is -1.15. The fourth-order valence-electron chi connectivity index (χ4n) is 2.13. The summed E-state index contributed by atoms with van der Waals surface area (Å²) in [6.45, 7) is 1.20. The minimum absolute atomic E-state index is 0.0595. The van der Waals surface area contributed by atoms with Crippen LogP contribution in [0.4, 0.5) is 0 Å². The molecule has 1 aromatic rings. The summed E-state index contributed by atoms with van der Waals surface area (Å²) in [4.78, 5) is 23.0. The fourth-order valence-corrected chi connectivity index (χ4v) is 4.84. The topological polar surface area (TPSA) is 83.6 Å². The van der Waals surface area contributed by atoms with E-state index in [2.05, 4.69) is 5.32 Å². The number of benzene rings is 1. The SMILES string of the molecule is CCC1C(=O)NC(=O)CN1S(=O)(=O)c1c(Cl)cccc1Cl. The standard InChI is InChI=1S/C12H12Cl2N2O4S/c1-2-9-12(18)15-10(17)6-16(9)21(19,20)11-7(13)4-3-5-8(11)14/h3-5,9H,2,6H2,1H3,(H,15,17,18). The summed E-state index contributed by atoms with van der Waals surface area (Å²) in [5.41, 5.74) is 0. The molecule has 21 heavy (non-hydrogen) atoms. The van der Waals surface area contributed by atoms with Crippen molar-refractivity contribution in [3.63, 3.8) is 0 Å². The Kier molecular flexibility index (Phi) is 4.57. The van der Waals surface area contributed by atoms with Gasteiger partial charge in [-0.2, -0.15) is 4.31 Å². The molecule has 2 rings (SSSR count). The van der Waals surface area contributed by atoms with Crippen LogP contribution in [0.3, 0.4) is 0 Å². The third-order valence-corrected chi connectivity index (χ3v) is 5.90. The van der Waals surface area contributed by atoms with Crippen LogP contribution < -0.4 is 5.32 Å². The van der Waals surface area contributed by atoms with Crippen LogP contribution in [0.25, 0.3) is 0 Å². The first kappa shape index (κ1) is 16.2. The second-order valence-electron chi connectivity index (χ2n) is 4.44. The summed E-state index contributed by atoms with van der Waals surface area (Å²) in [6, 6.07) is 3.30. The largest absolute Gasteiger partial charge is 0.294 e. The third-order valence-electron chi connectivity index (χ3n) is 3.08. The van der Waals surface area contributed by atoms with Crippen LogP contribution in [0.15, 0.2) is 23.1 Å². The summed E-state index contributed by atoms with van der Waals surface area (Å²) in [5.74, 6) is -1.34. The highest BCUT2D eigenvalue weighted by molar-refractivity contribution is 7.89. The number of sulfonamides is 1. The minimum Gasteiger partial charge on any atom is -0.294 e. The third kappa shape index (κ3) is 2.91. The monoisotopic (exact) mass is 350 g/mol. The van der Waals surface area contributed by atoms with Crippen molar-refractivity contribution in [2.45, 2.75) is 24.3 Å². The van der Waals surface area contributed by atoms with Crippen molar-refractivity contribution in [2.75, 3.05) is 6.54 Å². The normalized spacial score (nSPS) is 20.4.